The highest BCUT2D eigenvalue weighted by atomic mass is 16.2. The molecule has 2 aliphatic rings. The van der Waals surface area contributed by atoms with Gasteiger partial charge >= 0.3 is 0 Å². The maximum Gasteiger partial charge on any atom is 0.251 e. The van der Waals surface area contributed by atoms with Crippen LogP contribution in [0.5, 0.6) is 0 Å². The van der Waals surface area contributed by atoms with Gasteiger partial charge in [-0.15, -0.1) is 0 Å². The Morgan fingerprint density at radius 1 is 0.852 bits per heavy atom. The molecule has 4 heteroatoms. The van der Waals surface area contributed by atoms with E-state index in [1.165, 1.54) is 12.8 Å². The van der Waals surface area contributed by atoms with Gasteiger partial charge in [0.2, 0.25) is 0 Å². The molecular weight excluding hydrogens is 336 g/mol. The second kappa shape index (κ2) is 7.18. The summed E-state index contributed by atoms with van der Waals surface area (Å²) >= 11 is 0. The molecule has 0 bridgehead atoms. The molecule has 0 aromatic heterocycles. The maximum absolute atomic E-state index is 12.4. The Morgan fingerprint density at radius 3 is 2.22 bits per heavy atom. The molecular formula is C23H26N2O2. The molecule has 0 spiro atoms. The molecule has 2 saturated carbocycles. The Balaban J connectivity index is 1.56. The van der Waals surface area contributed by atoms with Gasteiger partial charge < -0.3 is 10.6 Å². The summed E-state index contributed by atoms with van der Waals surface area (Å²) in [6, 6.07) is 12.0. The summed E-state index contributed by atoms with van der Waals surface area (Å²) in [6.45, 7) is 4.84. The Bertz CT molecular complexity index is 895. The van der Waals surface area contributed by atoms with Crippen LogP contribution in [-0.4, -0.2) is 24.4 Å². The van der Waals surface area contributed by atoms with Gasteiger partial charge in [-0.1, -0.05) is 12.1 Å². The summed E-state index contributed by atoms with van der Waals surface area (Å²) in [5, 5.41) is 6.06. The molecule has 27 heavy (non-hydrogen) atoms. The van der Waals surface area contributed by atoms with Crippen molar-refractivity contribution in [1.29, 1.82) is 0 Å². The monoisotopic (exact) mass is 362 g/mol. The van der Waals surface area contributed by atoms with Crippen molar-refractivity contribution in [3.8, 4) is 11.1 Å². The minimum Gasteiger partial charge on any atom is -0.352 e. The van der Waals surface area contributed by atoms with Crippen molar-refractivity contribution in [1.82, 2.24) is 10.6 Å². The van der Waals surface area contributed by atoms with Crippen LogP contribution in [0.3, 0.4) is 0 Å². The minimum atomic E-state index is -0.00849. The molecule has 2 N–H and O–H groups in total. The van der Waals surface area contributed by atoms with Gasteiger partial charge in [0, 0.05) is 23.7 Å². The Kier molecular flexibility index (Phi) is 4.73. The van der Waals surface area contributed by atoms with E-state index in [4.69, 9.17) is 0 Å². The van der Waals surface area contributed by atoms with E-state index in [0.29, 0.717) is 23.1 Å². The highest BCUT2D eigenvalue weighted by molar-refractivity contribution is 5.97. The summed E-state index contributed by atoms with van der Waals surface area (Å²) in [6.07, 6.45) is 4.60. The molecule has 0 atom stereocenters. The van der Waals surface area contributed by atoms with Gasteiger partial charge in [-0.25, -0.2) is 0 Å². The Morgan fingerprint density at radius 2 is 1.56 bits per heavy atom. The zero-order valence-electron chi connectivity index (χ0n) is 16.0. The lowest BCUT2D eigenvalue weighted by Crippen LogP contribution is -2.25. The molecule has 2 fully saturated rings. The lowest BCUT2D eigenvalue weighted by Gasteiger charge is -2.13. The molecule has 0 radical (unpaired) electrons. The molecule has 140 valence electrons. The number of carbonyl (C=O) groups is 2. The van der Waals surface area contributed by atoms with E-state index in [1.807, 2.05) is 50.2 Å². The SMILES string of the molecule is Cc1cc(C(=O)NCC2CC2)ccc1-c1cc(C(=O)NC2CC2)ccc1C. The van der Waals surface area contributed by atoms with Crippen molar-refractivity contribution < 1.29 is 9.59 Å². The highest BCUT2D eigenvalue weighted by Gasteiger charge is 2.24. The van der Waals surface area contributed by atoms with E-state index in [0.717, 1.165) is 41.6 Å². The van der Waals surface area contributed by atoms with Gasteiger partial charge in [0.1, 0.15) is 0 Å². The smallest absolute Gasteiger partial charge is 0.251 e. The van der Waals surface area contributed by atoms with Crippen LogP contribution in [0.4, 0.5) is 0 Å². The van der Waals surface area contributed by atoms with Crippen molar-refractivity contribution in [3.05, 3.63) is 58.7 Å². The summed E-state index contributed by atoms with van der Waals surface area (Å²) in [7, 11) is 0. The summed E-state index contributed by atoms with van der Waals surface area (Å²) in [5.74, 6) is 0.653. The van der Waals surface area contributed by atoms with Crippen molar-refractivity contribution >= 4 is 11.8 Å². The number of nitrogens with one attached hydrogen (secondary N) is 2. The first-order chi connectivity index (χ1) is 13.0. The molecule has 2 aromatic rings. The molecule has 0 unspecified atom stereocenters. The molecule has 4 rings (SSSR count). The fourth-order valence-electron chi connectivity index (χ4n) is 3.32. The van der Waals surface area contributed by atoms with E-state index in [-0.39, 0.29) is 11.8 Å². The van der Waals surface area contributed by atoms with Crippen molar-refractivity contribution in [3.63, 3.8) is 0 Å². The van der Waals surface area contributed by atoms with E-state index < -0.39 is 0 Å². The first-order valence-electron chi connectivity index (χ1n) is 9.82. The standard InChI is InChI=1S/C23H26N2O2/c1-14-3-6-18(23(27)25-19-8-9-19)12-21(14)20-10-7-17(11-15(20)2)22(26)24-13-16-4-5-16/h3,6-7,10-12,16,19H,4-5,8-9,13H2,1-2H3,(H,24,26)(H,25,27). The van der Waals surface area contributed by atoms with E-state index in [1.54, 1.807) is 0 Å². The first kappa shape index (κ1) is 17.8. The van der Waals surface area contributed by atoms with Gasteiger partial charge in [0.05, 0.1) is 0 Å². The predicted octanol–water partition coefficient (Wildman–Crippen LogP) is 4.00. The van der Waals surface area contributed by atoms with Crippen LogP contribution in [0.15, 0.2) is 36.4 Å². The van der Waals surface area contributed by atoms with Crippen LogP contribution < -0.4 is 10.6 Å². The van der Waals surface area contributed by atoms with Crippen LogP contribution in [0.2, 0.25) is 0 Å². The lowest BCUT2D eigenvalue weighted by molar-refractivity contribution is 0.0943. The fraction of sp³-hybridized carbons (Fsp3) is 0.391. The summed E-state index contributed by atoms with van der Waals surface area (Å²) < 4.78 is 0. The van der Waals surface area contributed by atoms with Gasteiger partial charge in [0.25, 0.3) is 11.8 Å². The van der Waals surface area contributed by atoms with Gasteiger partial charge in [-0.2, -0.15) is 0 Å². The third-order valence-electron chi connectivity index (χ3n) is 5.44. The van der Waals surface area contributed by atoms with Crippen LogP contribution in [-0.2, 0) is 0 Å². The van der Waals surface area contributed by atoms with Gasteiger partial charge in [-0.3, -0.25) is 9.59 Å². The zero-order valence-corrected chi connectivity index (χ0v) is 16.0. The second-order valence-corrected chi connectivity index (χ2v) is 7.96. The van der Waals surface area contributed by atoms with Gasteiger partial charge in [-0.05, 0) is 92.0 Å². The maximum atomic E-state index is 12.4. The van der Waals surface area contributed by atoms with Crippen molar-refractivity contribution in [2.24, 2.45) is 5.92 Å². The highest BCUT2D eigenvalue weighted by Crippen LogP contribution is 2.30. The minimum absolute atomic E-state index is 0.00697. The topological polar surface area (TPSA) is 58.2 Å². The largest absolute Gasteiger partial charge is 0.352 e. The van der Waals surface area contributed by atoms with E-state index >= 15 is 0 Å². The quantitative estimate of drug-likeness (QED) is 0.816. The Hall–Kier alpha value is -2.62. The third kappa shape index (κ3) is 4.21. The normalized spacial score (nSPS) is 16.1. The molecule has 0 heterocycles. The Labute approximate surface area is 160 Å². The van der Waals surface area contributed by atoms with Crippen LogP contribution >= 0.6 is 0 Å². The zero-order chi connectivity index (χ0) is 19.0. The number of benzene rings is 2. The average Bonchev–Trinajstić information content (AvgIpc) is 3.55. The fourth-order valence-corrected chi connectivity index (χ4v) is 3.32. The van der Waals surface area contributed by atoms with Gasteiger partial charge in [0.15, 0.2) is 0 Å². The number of carbonyl (C=O) groups excluding carboxylic acids is 2. The first-order valence-corrected chi connectivity index (χ1v) is 9.82. The summed E-state index contributed by atoms with van der Waals surface area (Å²) in [4.78, 5) is 24.7. The van der Waals surface area contributed by atoms with Crippen LogP contribution in [0.25, 0.3) is 11.1 Å². The molecule has 4 nitrogen and oxygen atoms in total. The number of amides is 2. The average molecular weight is 362 g/mol. The molecule has 2 aliphatic carbocycles. The molecule has 2 aromatic carbocycles. The van der Waals surface area contributed by atoms with Crippen molar-refractivity contribution in [2.75, 3.05) is 6.54 Å². The predicted molar refractivity (Wildman–Crippen MR) is 107 cm³/mol. The molecule has 2 amide bonds. The summed E-state index contributed by atoms with van der Waals surface area (Å²) in [5.41, 5.74) is 5.64. The third-order valence-corrected chi connectivity index (χ3v) is 5.44. The lowest BCUT2D eigenvalue weighted by atomic mass is 9.93. The number of rotatable bonds is 6. The van der Waals surface area contributed by atoms with Crippen LogP contribution in [0, 0.1) is 19.8 Å². The van der Waals surface area contributed by atoms with E-state index in [2.05, 4.69) is 10.6 Å². The number of hydrogen-bond donors (Lipinski definition) is 2. The second-order valence-electron chi connectivity index (χ2n) is 7.96. The van der Waals surface area contributed by atoms with Crippen LogP contribution in [0.1, 0.15) is 57.5 Å². The number of aryl methyl sites for hydroxylation is 2. The molecule has 0 saturated heterocycles. The van der Waals surface area contributed by atoms with Crippen molar-refractivity contribution in [2.45, 2.75) is 45.6 Å². The molecule has 0 aliphatic heterocycles. The number of hydrogen-bond acceptors (Lipinski definition) is 2. The van der Waals surface area contributed by atoms with E-state index in [9.17, 15) is 9.59 Å².